The predicted octanol–water partition coefficient (Wildman–Crippen LogP) is 3.26. The van der Waals surface area contributed by atoms with Crippen LogP contribution < -0.4 is 10.1 Å². The van der Waals surface area contributed by atoms with Crippen LogP contribution in [0.4, 0.5) is 5.69 Å². The Balaban J connectivity index is 2.09. The van der Waals surface area contributed by atoms with Gasteiger partial charge in [-0.25, -0.2) is 8.42 Å². The molecule has 0 radical (unpaired) electrons. The van der Waals surface area contributed by atoms with Crippen LogP contribution in [0.2, 0.25) is 0 Å². The number of sulfonamides is 1. The summed E-state index contributed by atoms with van der Waals surface area (Å²) in [7, 11) is -2.39. The molecule has 0 saturated heterocycles. The standard InChI is InChI=1S/C18H21IN2O4S/c1-4-25-17-10-9-16(11-13(17)2)26(23,24)21(3)12-18(22)20-15-7-5-14(19)6-8-15/h5-11H,4,12H2,1-3H3,(H,20,22). The van der Waals surface area contributed by atoms with E-state index in [1.54, 1.807) is 31.2 Å². The Morgan fingerprint density at radius 3 is 2.42 bits per heavy atom. The van der Waals surface area contributed by atoms with Crippen molar-refractivity contribution in [2.75, 3.05) is 25.5 Å². The lowest BCUT2D eigenvalue weighted by Crippen LogP contribution is -2.35. The van der Waals surface area contributed by atoms with Gasteiger partial charge < -0.3 is 10.1 Å². The van der Waals surface area contributed by atoms with Gasteiger partial charge in [-0.3, -0.25) is 4.79 Å². The summed E-state index contributed by atoms with van der Waals surface area (Å²) in [5.74, 6) is 0.241. The summed E-state index contributed by atoms with van der Waals surface area (Å²) in [5, 5.41) is 2.69. The second-order valence-corrected chi connectivity index (χ2v) is 8.97. The minimum absolute atomic E-state index is 0.128. The molecule has 0 unspecified atom stereocenters. The fourth-order valence-electron chi connectivity index (χ4n) is 2.30. The number of ether oxygens (including phenoxy) is 1. The molecule has 0 aromatic heterocycles. The van der Waals surface area contributed by atoms with Crippen molar-refractivity contribution in [3.63, 3.8) is 0 Å². The van der Waals surface area contributed by atoms with Crippen LogP contribution in [-0.4, -0.2) is 38.8 Å². The Hall–Kier alpha value is -1.65. The Morgan fingerprint density at radius 2 is 1.85 bits per heavy atom. The normalized spacial score (nSPS) is 11.4. The van der Waals surface area contributed by atoms with Gasteiger partial charge >= 0.3 is 0 Å². The Kier molecular flexibility index (Phi) is 7.01. The van der Waals surface area contributed by atoms with E-state index in [9.17, 15) is 13.2 Å². The lowest BCUT2D eigenvalue weighted by Gasteiger charge is -2.18. The van der Waals surface area contributed by atoms with Crippen LogP contribution in [0.1, 0.15) is 12.5 Å². The molecule has 0 heterocycles. The molecule has 0 saturated carbocycles. The van der Waals surface area contributed by atoms with Gasteiger partial charge in [0.2, 0.25) is 15.9 Å². The largest absolute Gasteiger partial charge is 0.494 e. The van der Waals surface area contributed by atoms with Crippen LogP contribution in [0.15, 0.2) is 47.4 Å². The molecule has 0 aliphatic carbocycles. The van der Waals surface area contributed by atoms with Crippen molar-refractivity contribution in [3.8, 4) is 5.75 Å². The summed E-state index contributed by atoms with van der Waals surface area (Å²) >= 11 is 2.17. The molecule has 26 heavy (non-hydrogen) atoms. The van der Waals surface area contributed by atoms with E-state index in [1.807, 2.05) is 19.1 Å². The second kappa shape index (κ2) is 8.83. The van der Waals surface area contributed by atoms with Gasteiger partial charge in [-0.1, -0.05) is 0 Å². The maximum absolute atomic E-state index is 12.7. The van der Waals surface area contributed by atoms with Crippen LogP contribution in [0.3, 0.4) is 0 Å². The van der Waals surface area contributed by atoms with E-state index >= 15 is 0 Å². The van der Waals surface area contributed by atoms with E-state index in [2.05, 4.69) is 27.9 Å². The second-order valence-electron chi connectivity index (χ2n) is 5.68. The molecule has 2 aromatic carbocycles. The molecule has 0 aliphatic rings. The van der Waals surface area contributed by atoms with E-state index in [0.717, 1.165) is 13.4 Å². The van der Waals surface area contributed by atoms with Crippen molar-refractivity contribution in [1.82, 2.24) is 4.31 Å². The van der Waals surface area contributed by atoms with E-state index < -0.39 is 15.9 Å². The number of anilines is 1. The van der Waals surface area contributed by atoms with Crippen molar-refractivity contribution >= 4 is 44.2 Å². The number of nitrogens with one attached hydrogen (secondary N) is 1. The van der Waals surface area contributed by atoms with Crippen LogP contribution in [0, 0.1) is 10.5 Å². The zero-order valence-corrected chi connectivity index (χ0v) is 17.8. The van der Waals surface area contributed by atoms with E-state index in [0.29, 0.717) is 18.0 Å². The number of halogens is 1. The number of carbonyl (C=O) groups is 1. The summed E-state index contributed by atoms with van der Waals surface area (Å²) in [6.07, 6.45) is 0. The summed E-state index contributed by atoms with van der Waals surface area (Å²) in [6.45, 7) is 3.88. The smallest absolute Gasteiger partial charge is 0.243 e. The highest BCUT2D eigenvalue weighted by Crippen LogP contribution is 2.23. The number of benzene rings is 2. The quantitative estimate of drug-likeness (QED) is 0.608. The average molecular weight is 488 g/mol. The summed E-state index contributed by atoms with van der Waals surface area (Å²) in [6, 6.07) is 11.9. The maximum atomic E-state index is 12.7. The molecule has 1 amide bonds. The number of carbonyl (C=O) groups excluding carboxylic acids is 1. The number of hydrogen-bond donors (Lipinski definition) is 1. The molecule has 2 aromatic rings. The SMILES string of the molecule is CCOc1ccc(S(=O)(=O)N(C)CC(=O)Nc2ccc(I)cc2)cc1C. The highest BCUT2D eigenvalue weighted by molar-refractivity contribution is 14.1. The number of likely N-dealkylation sites (N-methyl/N-ethyl adjacent to an activating group) is 1. The summed E-state index contributed by atoms with van der Waals surface area (Å²) in [4.78, 5) is 12.3. The molecular weight excluding hydrogens is 467 g/mol. The first-order valence-corrected chi connectivity index (χ1v) is 10.5. The Morgan fingerprint density at radius 1 is 1.19 bits per heavy atom. The molecule has 0 atom stereocenters. The van der Waals surface area contributed by atoms with Gasteiger partial charge in [0.1, 0.15) is 5.75 Å². The zero-order chi connectivity index (χ0) is 19.3. The van der Waals surface area contributed by atoms with Gasteiger partial charge in [0.15, 0.2) is 0 Å². The molecular formula is C18H21IN2O4S. The third-order valence-corrected chi connectivity index (χ3v) is 6.17. The van der Waals surface area contributed by atoms with Crippen LogP contribution in [0.25, 0.3) is 0 Å². The Labute approximate surface area is 167 Å². The fourth-order valence-corrected chi connectivity index (χ4v) is 3.87. The van der Waals surface area contributed by atoms with Gasteiger partial charge in [-0.15, -0.1) is 0 Å². The highest BCUT2D eigenvalue weighted by Gasteiger charge is 2.23. The van der Waals surface area contributed by atoms with Crippen LogP contribution >= 0.6 is 22.6 Å². The first-order chi connectivity index (χ1) is 12.2. The third kappa shape index (κ3) is 5.18. The molecule has 8 heteroatoms. The van der Waals surface area contributed by atoms with Crippen LogP contribution in [-0.2, 0) is 14.8 Å². The first-order valence-electron chi connectivity index (χ1n) is 7.99. The number of rotatable bonds is 7. The van der Waals surface area contributed by atoms with E-state index in [1.165, 1.54) is 13.1 Å². The molecule has 0 aliphatic heterocycles. The number of aryl methyl sites for hydroxylation is 1. The first kappa shape index (κ1) is 20.7. The average Bonchev–Trinajstić information content (AvgIpc) is 2.58. The monoisotopic (exact) mass is 488 g/mol. The van der Waals surface area contributed by atoms with Crippen molar-refractivity contribution in [2.24, 2.45) is 0 Å². The third-order valence-electron chi connectivity index (χ3n) is 3.65. The van der Waals surface area contributed by atoms with Gasteiger partial charge in [0.05, 0.1) is 18.0 Å². The van der Waals surface area contributed by atoms with Gasteiger partial charge in [-0.05, 0) is 84.5 Å². The number of amides is 1. The van der Waals surface area contributed by atoms with Crippen molar-refractivity contribution in [2.45, 2.75) is 18.7 Å². The maximum Gasteiger partial charge on any atom is 0.243 e. The van der Waals surface area contributed by atoms with Crippen LogP contribution in [0.5, 0.6) is 5.75 Å². The molecule has 1 N–H and O–H groups in total. The fraction of sp³-hybridized carbons (Fsp3) is 0.278. The molecule has 6 nitrogen and oxygen atoms in total. The molecule has 0 spiro atoms. The van der Waals surface area contributed by atoms with Gasteiger partial charge in [0, 0.05) is 16.3 Å². The van der Waals surface area contributed by atoms with E-state index in [4.69, 9.17) is 4.74 Å². The number of hydrogen-bond acceptors (Lipinski definition) is 4. The minimum atomic E-state index is -3.77. The molecule has 0 fully saturated rings. The van der Waals surface area contributed by atoms with E-state index in [-0.39, 0.29) is 11.4 Å². The zero-order valence-electron chi connectivity index (χ0n) is 14.8. The topological polar surface area (TPSA) is 75.7 Å². The molecule has 0 bridgehead atoms. The lowest BCUT2D eigenvalue weighted by atomic mass is 10.2. The van der Waals surface area contributed by atoms with Crippen molar-refractivity contribution in [3.05, 3.63) is 51.6 Å². The molecule has 140 valence electrons. The summed E-state index contributed by atoms with van der Waals surface area (Å²) in [5.41, 5.74) is 1.35. The predicted molar refractivity (Wildman–Crippen MR) is 110 cm³/mol. The highest BCUT2D eigenvalue weighted by atomic mass is 127. The van der Waals surface area contributed by atoms with Crippen molar-refractivity contribution in [1.29, 1.82) is 0 Å². The summed E-state index contributed by atoms with van der Waals surface area (Å²) < 4.78 is 32.9. The Bertz CT molecular complexity index is 883. The van der Waals surface area contributed by atoms with Gasteiger partial charge in [-0.2, -0.15) is 4.31 Å². The lowest BCUT2D eigenvalue weighted by molar-refractivity contribution is -0.116. The van der Waals surface area contributed by atoms with Crippen molar-refractivity contribution < 1.29 is 17.9 Å². The number of nitrogens with zero attached hydrogens (tertiary/aromatic N) is 1. The minimum Gasteiger partial charge on any atom is -0.494 e. The van der Waals surface area contributed by atoms with Gasteiger partial charge in [0.25, 0.3) is 0 Å². The molecule has 2 rings (SSSR count).